The minimum atomic E-state index is 0.591. The molecular formula is C23H29N5. The summed E-state index contributed by atoms with van der Waals surface area (Å²) in [4.78, 5) is 11.3. The van der Waals surface area contributed by atoms with Crippen LogP contribution in [-0.2, 0) is 6.54 Å². The zero-order chi connectivity index (χ0) is 19.9. The van der Waals surface area contributed by atoms with Crippen LogP contribution < -0.4 is 15.5 Å². The van der Waals surface area contributed by atoms with Crippen LogP contribution in [0.25, 0.3) is 0 Å². The molecule has 0 bridgehead atoms. The molecule has 0 aliphatic rings. The first-order valence-corrected chi connectivity index (χ1v) is 9.84. The third-order valence-electron chi connectivity index (χ3n) is 4.96. The maximum absolute atomic E-state index is 4.60. The fourth-order valence-corrected chi connectivity index (χ4v) is 3.21. The molecule has 146 valence electrons. The SMILES string of the molecule is CCN(CC)c1ccc(Nc2nccc(NCc3ccccc3C)n2)c(C)c1. The number of aryl methyl sites for hydroxylation is 2. The molecule has 0 aliphatic carbocycles. The van der Waals surface area contributed by atoms with Crippen molar-refractivity contribution in [3.05, 3.63) is 71.4 Å². The molecule has 28 heavy (non-hydrogen) atoms. The van der Waals surface area contributed by atoms with Crippen LogP contribution in [0.1, 0.15) is 30.5 Å². The van der Waals surface area contributed by atoms with E-state index in [2.05, 4.69) is 95.7 Å². The summed E-state index contributed by atoms with van der Waals surface area (Å²) in [5.41, 5.74) is 5.96. The highest BCUT2D eigenvalue weighted by atomic mass is 15.1. The minimum Gasteiger partial charge on any atom is -0.372 e. The van der Waals surface area contributed by atoms with Crippen molar-refractivity contribution in [2.75, 3.05) is 28.6 Å². The van der Waals surface area contributed by atoms with Gasteiger partial charge in [0.05, 0.1) is 0 Å². The Morgan fingerprint density at radius 3 is 2.43 bits per heavy atom. The average Bonchev–Trinajstić information content (AvgIpc) is 2.71. The molecule has 0 atom stereocenters. The number of hydrogen-bond acceptors (Lipinski definition) is 5. The zero-order valence-electron chi connectivity index (χ0n) is 17.2. The molecule has 0 aliphatic heterocycles. The van der Waals surface area contributed by atoms with Crippen LogP contribution in [0.3, 0.4) is 0 Å². The van der Waals surface area contributed by atoms with E-state index in [0.29, 0.717) is 5.95 Å². The molecule has 2 aromatic carbocycles. The van der Waals surface area contributed by atoms with Crippen LogP contribution in [-0.4, -0.2) is 23.1 Å². The standard InChI is InChI=1S/C23H29N5/c1-5-28(6-2)20-11-12-21(18(4)15-20)26-23-24-14-13-22(27-23)25-16-19-10-8-7-9-17(19)3/h7-15H,5-6,16H2,1-4H3,(H2,24,25,26,27). The fourth-order valence-electron chi connectivity index (χ4n) is 3.21. The van der Waals surface area contributed by atoms with Crippen LogP contribution in [0.5, 0.6) is 0 Å². The van der Waals surface area contributed by atoms with E-state index in [0.717, 1.165) is 31.1 Å². The first-order valence-electron chi connectivity index (χ1n) is 9.84. The second kappa shape index (κ2) is 9.22. The number of anilines is 4. The second-order valence-corrected chi connectivity index (χ2v) is 6.84. The van der Waals surface area contributed by atoms with Crippen molar-refractivity contribution in [1.29, 1.82) is 0 Å². The fraction of sp³-hybridized carbons (Fsp3) is 0.304. The highest BCUT2D eigenvalue weighted by Gasteiger charge is 2.07. The average molecular weight is 376 g/mol. The van der Waals surface area contributed by atoms with Crippen LogP contribution >= 0.6 is 0 Å². The van der Waals surface area contributed by atoms with Crippen molar-refractivity contribution in [3.63, 3.8) is 0 Å². The van der Waals surface area contributed by atoms with Crippen LogP contribution in [0.4, 0.5) is 23.1 Å². The number of nitrogens with one attached hydrogen (secondary N) is 2. The van der Waals surface area contributed by atoms with Gasteiger partial charge in [0, 0.05) is 37.2 Å². The summed E-state index contributed by atoms with van der Waals surface area (Å²) in [6, 6.07) is 16.7. The maximum Gasteiger partial charge on any atom is 0.229 e. The second-order valence-electron chi connectivity index (χ2n) is 6.84. The van der Waals surface area contributed by atoms with Gasteiger partial charge in [0.1, 0.15) is 5.82 Å². The van der Waals surface area contributed by atoms with Crippen LogP contribution in [0.2, 0.25) is 0 Å². The van der Waals surface area contributed by atoms with Crippen molar-refractivity contribution in [2.24, 2.45) is 0 Å². The third-order valence-corrected chi connectivity index (χ3v) is 4.96. The lowest BCUT2D eigenvalue weighted by atomic mass is 10.1. The maximum atomic E-state index is 4.60. The Balaban J connectivity index is 1.70. The number of benzene rings is 2. The quantitative estimate of drug-likeness (QED) is 0.560. The Labute approximate surface area is 167 Å². The van der Waals surface area contributed by atoms with Crippen molar-refractivity contribution in [2.45, 2.75) is 34.2 Å². The predicted octanol–water partition coefficient (Wildman–Crippen LogP) is 5.30. The third kappa shape index (κ3) is 4.80. The molecule has 0 saturated heterocycles. The van der Waals surface area contributed by atoms with Gasteiger partial charge < -0.3 is 15.5 Å². The lowest BCUT2D eigenvalue weighted by molar-refractivity contribution is 0.866. The van der Waals surface area contributed by atoms with Crippen molar-refractivity contribution in [1.82, 2.24) is 9.97 Å². The van der Waals surface area contributed by atoms with Gasteiger partial charge in [-0.15, -0.1) is 0 Å². The molecule has 0 radical (unpaired) electrons. The summed E-state index contributed by atoms with van der Waals surface area (Å²) in [6.45, 7) is 11.3. The Hall–Kier alpha value is -3.08. The number of nitrogens with zero attached hydrogens (tertiary/aromatic N) is 3. The topological polar surface area (TPSA) is 53.1 Å². The van der Waals surface area contributed by atoms with Crippen molar-refractivity contribution < 1.29 is 0 Å². The van der Waals surface area contributed by atoms with Gasteiger partial charge in [-0.1, -0.05) is 24.3 Å². The molecule has 2 N–H and O–H groups in total. The van der Waals surface area contributed by atoms with E-state index in [1.54, 1.807) is 6.20 Å². The van der Waals surface area contributed by atoms with Crippen LogP contribution in [0, 0.1) is 13.8 Å². The van der Waals surface area contributed by atoms with Crippen LogP contribution in [0.15, 0.2) is 54.7 Å². The summed E-state index contributed by atoms with van der Waals surface area (Å²) in [7, 11) is 0. The van der Waals surface area contributed by atoms with Gasteiger partial charge >= 0.3 is 0 Å². The van der Waals surface area contributed by atoms with E-state index in [4.69, 9.17) is 0 Å². The first kappa shape index (κ1) is 19.7. The van der Waals surface area contributed by atoms with E-state index in [-0.39, 0.29) is 0 Å². The van der Waals surface area contributed by atoms with E-state index in [9.17, 15) is 0 Å². The molecule has 0 amide bonds. The van der Waals surface area contributed by atoms with Crippen molar-refractivity contribution in [3.8, 4) is 0 Å². The molecule has 1 heterocycles. The Bertz CT molecular complexity index is 918. The number of rotatable bonds is 8. The molecule has 0 fully saturated rings. The van der Waals surface area contributed by atoms with Gasteiger partial charge in [-0.3, -0.25) is 0 Å². The van der Waals surface area contributed by atoms with Gasteiger partial charge in [-0.25, -0.2) is 4.98 Å². The highest BCUT2D eigenvalue weighted by molar-refractivity contribution is 5.64. The Morgan fingerprint density at radius 1 is 0.929 bits per heavy atom. The number of hydrogen-bond donors (Lipinski definition) is 2. The highest BCUT2D eigenvalue weighted by Crippen LogP contribution is 2.24. The van der Waals surface area contributed by atoms with Gasteiger partial charge in [0.2, 0.25) is 5.95 Å². The van der Waals surface area contributed by atoms with E-state index >= 15 is 0 Å². The largest absolute Gasteiger partial charge is 0.372 e. The van der Waals surface area contributed by atoms with Gasteiger partial charge in [0.15, 0.2) is 0 Å². The summed E-state index contributed by atoms with van der Waals surface area (Å²) in [6.07, 6.45) is 1.77. The molecule has 0 saturated carbocycles. The van der Waals surface area contributed by atoms with Gasteiger partial charge in [-0.2, -0.15) is 4.98 Å². The summed E-state index contributed by atoms with van der Waals surface area (Å²) in [5.74, 6) is 1.40. The first-order chi connectivity index (χ1) is 13.6. The van der Waals surface area contributed by atoms with Gasteiger partial charge in [-0.05, 0) is 68.7 Å². The van der Waals surface area contributed by atoms with Crippen molar-refractivity contribution >= 4 is 23.1 Å². The molecular weight excluding hydrogens is 346 g/mol. The van der Waals surface area contributed by atoms with E-state index in [1.165, 1.54) is 22.4 Å². The molecule has 0 unspecified atom stereocenters. The molecule has 5 nitrogen and oxygen atoms in total. The summed E-state index contributed by atoms with van der Waals surface area (Å²) in [5, 5.41) is 6.73. The Morgan fingerprint density at radius 2 is 1.71 bits per heavy atom. The number of aromatic nitrogens is 2. The predicted molar refractivity (Wildman–Crippen MR) is 119 cm³/mol. The van der Waals surface area contributed by atoms with E-state index in [1.807, 2.05) is 6.07 Å². The normalized spacial score (nSPS) is 10.6. The zero-order valence-corrected chi connectivity index (χ0v) is 17.2. The van der Waals surface area contributed by atoms with E-state index < -0.39 is 0 Å². The monoisotopic (exact) mass is 375 g/mol. The molecule has 1 aromatic heterocycles. The lowest BCUT2D eigenvalue weighted by Crippen LogP contribution is -2.21. The molecule has 0 spiro atoms. The van der Waals surface area contributed by atoms with Gasteiger partial charge in [0.25, 0.3) is 0 Å². The smallest absolute Gasteiger partial charge is 0.229 e. The molecule has 3 aromatic rings. The molecule has 3 rings (SSSR count). The molecule has 5 heteroatoms. The summed E-state index contributed by atoms with van der Waals surface area (Å²) < 4.78 is 0. The minimum absolute atomic E-state index is 0.591. The lowest BCUT2D eigenvalue weighted by Gasteiger charge is -2.22. The Kier molecular flexibility index (Phi) is 6.48. The summed E-state index contributed by atoms with van der Waals surface area (Å²) >= 11 is 0.